The molecule has 2 rings (SSSR count). The molecule has 0 heterocycles. The molecule has 0 amide bonds. The van der Waals surface area contributed by atoms with Crippen LogP contribution in [0.4, 0.5) is 5.69 Å². The zero-order valence-electron chi connectivity index (χ0n) is 13.2. The number of nitro groups is 1. The minimum Gasteiger partial charge on any atom is -0.451 e. The highest BCUT2D eigenvalue weighted by Gasteiger charge is 2.18. The second kappa shape index (κ2) is 8.34. The summed E-state index contributed by atoms with van der Waals surface area (Å²) in [6, 6.07) is 12.5. The molecule has 6 nitrogen and oxygen atoms in total. The number of hydrogen-bond donors (Lipinski definition) is 0. The van der Waals surface area contributed by atoms with Crippen molar-refractivity contribution in [2.75, 3.05) is 0 Å². The van der Waals surface area contributed by atoms with Crippen LogP contribution >= 0.6 is 15.9 Å². The predicted molar refractivity (Wildman–Crippen MR) is 96.2 cm³/mol. The van der Waals surface area contributed by atoms with E-state index < -0.39 is 17.0 Å². The van der Waals surface area contributed by atoms with Gasteiger partial charge in [-0.25, -0.2) is 4.79 Å². The van der Waals surface area contributed by atoms with E-state index in [0.717, 1.165) is 10.5 Å². The van der Waals surface area contributed by atoms with E-state index >= 15 is 0 Å². The van der Waals surface area contributed by atoms with Crippen molar-refractivity contribution < 1.29 is 19.2 Å². The van der Waals surface area contributed by atoms with Gasteiger partial charge in [-0.3, -0.25) is 14.9 Å². The van der Waals surface area contributed by atoms with Crippen molar-refractivity contribution >= 4 is 39.4 Å². The van der Waals surface area contributed by atoms with E-state index in [9.17, 15) is 19.7 Å². The summed E-state index contributed by atoms with van der Waals surface area (Å²) in [5.74, 6) is -1.02. The van der Waals surface area contributed by atoms with E-state index in [-0.39, 0.29) is 11.5 Å². The third kappa shape index (κ3) is 5.36. The molecule has 1 atom stereocenters. The van der Waals surface area contributed by atoms with Gasteiger partial charge >= 0.3 is 5.97 Å². The van der Waals surface area contributed by atoms with Crippen LogP contribution in [0.3, 0.4) is 0 Å². The van der Waals surface area contributed by atoms with Crippen LogP contribution in [0.5, 0.6) is 0 Å². The number of nitrogens with zero attached hydrogens (tertiary/aromatic N) is 1. The van der Waals surface area contributed by atoms with Crippen molar-refractivity contribution in [1.82, 2.24) is 0 Å². The largest absolute Gasteiger partial charge is 0.451 e. The SMILES string of the molecule is C[C@H](OC(=O)/C=C/c1cccc([N+](=O)[O-])c1)C(=O)c1ccc(Br)cc1. The van der Waals surface area contributed by atoms with Crippen LogP contribution < -0.4 is 0 Å². The van der Waals surface area contributed by atoms with Crippen molar-refractivity contribution in [1.29, 1.82) is 0 Å². The Morgan fingerprint density at radius 2 is 1.88 bits per heavy atom. The topological polar surface area (TPSA) is 86.5 Å². The molecule has 2 aromatic rings. The molecule has 0 saturated heterocycles. The van der Waals surface area contributed by atoms with E-state index in [2.05, 4.69) is 15.9 Å². The van der Waals surface area contributed by atoms with Gasteiger partial charge in [0.05, 0.1) is 4.92 Å². The van der Waals surface area contributed by atoms with Gasteiger partial charge in [0, 0.05) is 28.2 Å². The highest BCUT2D eigenvalue weighted by Crippen LogP contribution is 2.15. The average Bonchev–Trinajstić information content (AvgIpc) is 2.60. The number of halogens is 1. The number of benzene rings is 2. The zero-order chi connectivity index (χ0) is 18.4. The molecule has 0 aromatic heterocycles. The Balaban J connectivity index is 1.99. The molecule has 0 unspecified atom stereocenters. The van der Waals surface area contributed by atoms with Crippen LogP contribution in [0.15, 0.2) is 59.1 Å². The quantitative estimate of drug-likeness (QED) is 0.237. The maximum atomic E-state index is 12.2. The number of rotatable bonds is 6. The average molecular weight is 404 g/mol. The summed E-state index contributed by atoms with van der Waals surface area (Å²) in [6.07, 6.45) is 1.58. The number of carbonyl (C=O) groups excluding carboxylic acids is 2. The molecule has 0 aliphatic carbocycles. The molecule has 0 aliphatic heterocycles. The van der Waals surface area contributed by atoms with Gasteiger partial charge in [-0.05, 0) is 30.7 Å². The normalized spacial score (nSPS) is 11.9. The summed E-state index contributed by atoms with van der Waals surface area (Å²) in [6.45, 7) is 1.49. The van der Waals surface area contributed by atoms with Crippen LogP contribution in [-0.4, -0.2) is 22.8 Å². The monoisotopic (exact) mass is 403 g/mol. The molecule has 0 fully saturated rings. The minimum absolute atomic E-state index is 0.0747. The van der Waals surface area contributed by atoms with Gasteiger partial charge in [-0.1, -0.05) is 40.2 Å². The standard InChI is InChI=1S/C18H14BrNO5/c1-12(18(22)14-6-8-15(19)9-7-14)25-17(21)10-5-13-3-2-4-16(11-13)20(23)24/h2-12H,1H3/b10-5+/t12-/m0/s1. The molecule has 0 radical (unpaired) electrons. The fourth-order valence-electron chi connectivity index (χ4n) is 2.02. The lowest BCUT2D eigenvalue weighted by atomic mass is 10.1. The van der Waals surface area contributed by atoms with Crippen molar-refractivity contribution in [3.05, 3.63) is 80.3 Å². The van der Waals surface area contributed by atoms with Gasteiger partial charge in [-0.15, -0.1) is 0 Å². The lowest BCUT2D eigenvalue weighted by Crippen LogP contribution is -2.23. The molecule has 0 aliphatic rings. The summed E-state index contributed by atoms with van der Waals surface area (Å²) in [7, 11) is 0. The Hall–Kier alpha value is -2.80. The van der Waals surface area contributed by atoms with Gasteiger partial charge < -0.3 is 4.74 Å². The predicted octanol–water partition coefficient (Wildman–Crippen LogP) is 4.19. The third-order valence-corrected chi connectivity index (χ3v) is 3.81. The van der Waals surface area contributed by atoms with E-state index in [1.807, 2.05) is 0 Å². The minimum atomic E-state index is -0.941. The first kappa shape index (κ1) is 18.5. The molecule has 0 spiro atoms. The Kier molecular flexibility index (Phi) is 6.19. The van der Waals surface area contributed by atoms with Crippen LogP contribution in [0.25, 0.3) is 6.08 Å². The Bertz CT molecular complexity index is 830. The van der Waals surface area contributed by atoms with E-state index in [1.165, 1.54) is 31.2 Å². The fraction of sp³-hybridized carbons (Fsp3) is 0.111. The van der Waals surface area contributed by atoms with Crippen molar-refractivity contribution in [3.8, 4) is 0 Å². The Morgan fingerprint density at radius 3 is 2.52 bits per heavy atom. The van der Waals surface area contributed by atoms with Crippen molar-refractivity contribution in [2.24, 2.45) is 0 Å². The molecule has 0 saturated carbocycles. The highest BCUT2D eigenvalue weighted by molar-refractivity contribution is 9.10. The molecule has 128 valence electrons. The molecular formula is C18H14BrNO5. The number of Topliss-reactive ketones (excluding diaryl/α,β-unsaturated/α-hetero) is 1. The molecule has 25 heavy (non-hydrogen) atoms. The molecule has 0 N–H and O–H groups in total. The van der Waals surface area contributed by atoms with Crippen LogP contribution in [0, 0.1) is 10.1 Å². The van der Waals surface area contributed by atoms with E-state index in [1.54, 1.807) is 30.3 Å². The number of non-ortho nitro benzene ring substituents is 1. The number of carbonyl (C=O) groups is 2. The third-order valence-electron chi connectivity index (χ3n) is 3.28. The summed E-state index contributed by atoms with van der Waals surface area (Å²) in [5, 5.41) is 10.7. The summed E-state index contributed by atoms with van der Waals surface area (Å²) < 4.78 is 5.92. The van der Waals surface area contributed by atoms with Gasteiger partial charge in [-0.2, -0.15) is 0 Å². The fourth-order valence-corrected chi connectivity index (χ4v) is 2.29. The number of ketones is 1. The second-order valence-corrected chi connectivity index (χ2v) is 6.05. The maximum Gasteiger partial charge on any atom is 0.331 e. The lowest BCUT2D eigenvalue weighted by Gasteiger charge is -2.10. The van der Waals surface area contributed by atoms with Crippen molar-refractivity contribution in [3.63, 3.8) is 0 Å². The summed E-state index contributed by atoms with van der Waals surface area (Å²) >= 11 is 3.28. The first-order valence-corrected chi connectivity index (χ1v) is 8.09. The van der Waals surface area contributed by atoms with Gasteiger partial charge in [0.25, 0.3) is 5.69 Å². The van der Waals surface area contributed by atoms with E-state index in [4.69, 9.17) is 4.74 Å². The molecule has 2 aromatic carbocycles. The summed E-state index contributed by atoms with van der Waals surface area (Å²) in [4.78, 5) is 34.2. The Labute approximate surface area is 152 Å². The number of hydrogen-bond acceptors (Lipinski definition) is 5. The zero-order valence-corrected chi connectivity index (χ0v) is 14.8. The second-order valence-electron chi connectivity index (χ2n) is 5.14. The number of nitro benzene ring substituents is 1. The lowest BCUT2D eigenvalue weighted by molar-refractivity contribution is -0.384. The van der Waals surface area contributed by atoms with Gasteiger partial charge in [0.1, 0.15) is 0 Å². The van der Waals surface area contributed by atoms with E-state index in [0.29, 0.717) is 11.1 Å². The van der Waals surface area contributed by atoms with Crippen molar-refractivity contribution in [2.45, 2.75) is 13.0 Å². The number of esters is 1. The highest BCUT2D eigenvalue weighted by atomic mass is 79.9. The summed E-state index contributed by atoms with van der Waals surface area (Å²) in [5.41, 5.74) is 0.846. The van der Waals surface area contributed by atoms with Gasteiger partial charge in [0.15, 0.2) is 6.10 Å². The van der Waals surface area contributed by atoms with Crippen LogP contribution in [-0.2, 0) is 9.53 Å². The van der Waals surface area contributed by atoms with Crippen LogP contribution in [0.1, 0.15) is 22.8 Å². The van der Waals surface area contributed by atoms with Gasteiger partial charge in [0.2, 0.25) is 5.78 Å². The smallest absolute Gasteiger partial charge is 0.331 e. The maximum absolute atomic E-state index is 12.2. The molecule has 7 heteroatoms. The Morgan fingerprint density at radius 1 is 1.20 bits per heavy atom. The number of ether oxygens (including phenoxy) is 1. The molecular weight excluding hydrogens is 390 g/mol. The van der Waals surface area contributed by atoms with Crippen LogP contribution in [0.2, 0.25) is 0 Å². The first-order valence-electron chi connectivity index (χ1n) is 7.30. The molecule has 0 bridgehead atoms. The first-order chi connectivity index (χ1) is 11.9.